The van der Waals surface area contributed by atoms with Gasteiger partial charge < -0.3 is 5.11 Å². The molecule has 0 radical (unpaired) electrons. The monoisotopic (exact) mass is 252 g/mol. The molecule has 0 saturated heterocycles. The average molecular weight is 253 g/mol. The second-order valence-electron chi connectivity index (χ2n) is 5.46. The van der Waals surface area contributed by atoms with Crippen molar-refractivity contribution in [2.24, 2.45) is 5.92 Å². The van der Waals surface area contributed by atoms with Crippen molar-refractivity contribution in [3.63, 3.8) is 0 Å². The highest BCUT2D eigenvalue weighted by atomic mass is 35.5. The zero-order chi connectivity index (χ0) is 12.3. The standard InChI is InChI=1S/C15H21ClO/c1-15(17,13-8-3-2-4-9-13)11-12-7-5-6-10-14(12)16/h5-7,10,13,17H,2-4,8-9,11H2,1H3. The van der Waals surface area contributed by atoms with E-state index < -0.39 is 5.60 Å². The van der Waals surface area contributed by atoms with Gasteiger partial charge in [0.2, 0.25) is 0 Å². The Balaban J connectivity index is 2.08. The summed E-state index contributed by atoms with van der Waals surface area (Å²) >= 11 is 6.16. The molecule has 1 aromatic carbocycles. The van der Waals surface area contributed by atoms with Gasteiger partial charge in [-0.2, -0.15) is 0 Å². The summed E-state index contributed by atoms with van der Waals surface area (Å²) < 4.78 is 0. The molecule has 1 aliphatic carbocycles. The summed E-state index contributed by atoms with van der Waals surface area (Å²) in [5, 5.41) is 11.4. The Morgan fingerprint density at radius 3 is 2.53 bits per heavy atom. The first-order valence-electron chi connectivity index (χ1n) is 6.55. The molecule has 2 heteroatoms. The summed E-state index contributed by atoms with van der Waals surface area (Å²) in [5.41, 5.74) is 0.440. The predicted octanol–water partition coefficient (Wildman–Crippen LogP) is 4.21. The van der Waals surface area contributed by atoms with Crippen molar-refractivity contribution < 1.29 is 5.11 Å². The van der Waals surface area contributed by atoms with E-state index in [0.29, 0.717) is 12.3 Å². The first kappa shape index (κ1) is 12.9. The molecule has 1 aromatic rings. The summed E-state index contributed by atoms with van der Waals surface area (Å²) in [6.45, 7) is 1.96. The number of hydrogen-bond donors (Lipinski definition) is 1. The van der Waals surface area contributed by atoms with Gasteiger partial charge in [0.1, 0.15) is 0 Å². The summed E-state index contributed by atoms with van der Waals surface area (Å²) in [4.78, 5) is 0. The van der Waals surface area contributed by atoms with Gasteiger partial charge in [-0.25, -0.2) is 0 Å². The third-order valence-corrected chi connectivity index (χ3v) is 4.36. The van der Waals surface area contributed by atoms with Crippen LogP contribution in [0.5, 0.6) is 0 Å². The summed E-state index contributed by atoms with van der Waals surface area (Å²) in [6.07, 6.45) is 6.79. The Kier molecular flexibility index (Phi) is 4.11. The van der Waals surface area contributed by atoms with E-state index in [1.807, 2.05) is 31.2 Å². The lowest BCUT2D eigenvalue weighted by molar-refractivity contribution is -0.0159. The van der Waals surface area contributed by atoms with Crippen LogP contribution in [0.15, 0.2) is 24.3 Å². The van der Waals surface area contributed by atoms with E-state index in [1.165, 1.54) is 19.3 Å². The maximum atomic E-state index is 10.7. The maximum absolute atomic E-state index is 10.7. The van der Waals surface area contributed by atoms with E-state index >= 15 is 0 Å². The molecule has 17 heavy (non-hydrogen) atoms. The molecule has 0 bridgehead atoms. The third-order valence-electron chi connectivity index (χ3n) is 3.99. The van der Waals surface area contributed by atoms with E-state index in [4.69, 9.17) is 11.6 Å². The molecule has 1 fully saturated rings. The van der Waals surface area contributed by atoms with E-state index in [-0.39, 0.29) is 0 Å². The van der Waals surface area contributed by atoms with Crippen LogP contribution in [-0.4, -0.2) is 10.7 Å². The van der Waals surface area contributed by atoms with Crippen molar-refractivity contribution in [1.82, 2.24) is 0 Å². The van der Waals surface area contributed by atoms with E-state index in [0.717, 1.165) is 23.4 Å². The Labute approximate surface area is 109 Å². The molecule has 0 aromatic heterocycles. The number of halogens is 1. The average Bonchev–Trinajstić information content (AvgIpc) is 2.33. The van der Waals surface area contributed by atoms with Crippen LogP contribution in [0.4, 0.5) is 0 Å². The van der Waals surface area contributed by atoms with Crippen molar-refractivity contribution in [3.05, 3.63) is 34.9 Å². The molecule has 1 nitrogen and oxygen atoms in total. The lowest BCUT2D eigenvalue weighted by Gasteiger charge is -2.36. The molecule has 2 rings (SSSR count). The van der Waals surface area contributed by atoms with Crippen LogP contribution in [0.25, 0.3) is 0 Å². The summed E-state index contributed by atoms with van der Waals surface area (Å²) in [7, 11) is 0. The van der Waals surface area contributed by atoms with Crippen LogP contribution < -0.4 is 0 Å². The topological polar surface area (TPSA) is 20.2 Å². The zero-order valence-electron chi connectivity index (χ0n) is 10.5. The van der Waals surface area contributed by atoms with Gasteiger partial charge in [-0.05, 0) is 37.3 Å². The smallest absolute Gasteiger partial charge is 0.0688 e. The fourth-order valence-electron chi connectivity index (χ4n) is 2.90. The molecular formula is C15H21ClO. The van der Waals surface area contributed by atoms with Gasteiger partial charge in [0.25, 0.3) is 0 Å². The Morgan fingerprint density at radius 2 is 1.88 bits per heavy atom. The van der Waals surface area contributed by atoms with Gasteiger partial charge in [0.05, 0.1) is 5.60 Å². The molecule has 0 amide bonds. The van der Waals surface area contributed by atoms with Gasteiger partial charge >= 0.3 is 0 Å². The number of rotatable bonds is 3. The van der Waals surface area contributed by atoms with Crippen LogP contribution in [-0.2, 0) is 6.42 Å². The van der Waals surface area contributed by atoms with Gasteiger partial charge in [0, 0.05) is 11.4 Å². The molecule has 0 aliphatic heterocycles. The van der Waals surface area contributed by atoms with Crippen molar-refractivity contribution in [2.45, 2.75) is 51.0 Å². The maximum Gasteiger partial charge on any atom is 0.0688 e. The van der Waals surface area contributed by atoms with Crippen LogP contribution in [0.2, 0.25) is 5.02 Å². The first-order chi connectivity index (χ1) is 8.09. The van der Waals surface area contributed by atoms with Gasteiger partial charge in [-0.1, -0.05) is 49.1 Å². The Bertz CT molecular complexity index is 367. The molecule has 1 saturated carbocycles. The number of hydrogen-bond acceptors (Lipinski definition) is 1. The van der Waals surface area contributed by atoms with E-state index in [2.05, 4.69) is 0 Å². The highest BCUT2D eigenvalue weighted by molar-refractivity contribution is 6.31. The van der Waals surface area contributed by atoms with Gasteiger partial charge in [0.15, 0.2) is 0 Å². The zero-order valence-corrected chi connectivity index (χ0v) is 11.2. The third kappa shape index (κ3) is 3.23. The van der Waals surface area contributed by atoms with E-state index in [9.17, 15) is 5.11 Å². The predicted molar refractivity (Wildman–Crippen MR) is 72.4 cm³/mol. The van der Waals surface area contributed by atoms with Gasteiger partial charge in [-0.3, -0.25) is 0 Å². The fraction of sp³-hybridized carbons (Fsp3) is 0.600. The van der Waals surface area contributed by atoms with Crippen molar-refractivity contribution in [3.8, 4) is 0 Å². The Morgan fingerprint density at radius 1 is 1.24 bits per heavy atom. The Hall–Kier alpha value is -0.530. The number of benzene rings is 1. The first-order valence-corrected chi connectivity index (χ1v) is 6.93. The summed E-state index contributed by atoms with van der Waals surface area (Å²) in [5.74, 6) is 0.424. The highest BCUT2D eigenvalue weighted by Crippen LogP contribution is 2.35. The van der Waals surface area contributed by atoms with Crippen LogP contribution in [0, 0.1) is 5.92 Å². The molecule has 0 spiro atoms. The van der Waals surface area contributed by atoms with Crippen molar-refractivity contribution in [1.29, 1.82) is 0 Å². The quantitative estimate of drug-likeness (QED) is 0.854. The molecule has 1 N–H and O–H groups in total. The second-order valence-corrected chi connectivity index (χ2v) is 5.87. The minimum absolute atomic E-state index is 0.424. The van der Waals surface area contributed by atoms with Gasteiger partial charge in [-0.15, -0.1) is 0 Å². The SMILES string of the molecule is CC(O)(Cc1ccccc1Cl)C1CCCCC1. The van der Waals surface area contributed by atoms with Crippen LogP contribution in [0.3, 0.4) is 0 Å². The fourth-order valence-corrected chi connectivity index (χ4v) is 3.10. The molecule has 0 heterocycles. The second kappa shape index (κ2) is 5.41. The minimum Gasteiger partial charge on any atom is -0.390 e. The van der Waals surface area contributed by atoms with Crippen LogP contribution in [0.1, 0.15) is 44.6 Å². The molecule has 1 atom stereocenters. The molecular weight excluding hydrogens is 232 g/mol. The normalized spacial score (nSPS) is 21.1. The summed E-state index contributed by atoms with van der Waals surface area (Å²) in [6, 6.07) is 7.83. The molecule has 1 aliphatic rings. The van der Waals surface area contributed by atoms with Crippen molar-refractivity contribution in [2.75, 3.05) is 0 Å². The molecule has 94 valence electrons. The lowest BCUT2D eigenvalue weighted by Crippen LogP contribution is -2.38. The lowest BCUT2D eigenvalue weighted by atomic mass is 9.75. The van der Waals surface area contributed by atoms with E-state index in [1.54, 1.807) is 0 Å². The largest absolute Gasteiger partial charge is 0.390 e. The molecule has 1 unspecified atom stereocenters. The number of aliphatic hydroxyl groups is 1. The minimum atomic E-state index is -0.620. The highest BCUT2D eigenvalue weighted by Gasteiger charge is 2.33. The van der Waals surface area contributed by atoms with Crippen molar-refractivity contribution >= 4 is 11.6 Å². The van der Waals surface area contributed by atoms with Crippen LogP contribution >= 0.6 is 11.6 Å².